The minimum atomic E-state index is -3.17. The average Bonchev–Trinajstić information content (AvgIpc) is 2.29. The Morgan fingerprint density at radius 2 is 1.89 bits per heavy atom. The van der Waals surface area contributed by atoms with E-state index in [9.17, 15) is 18.0 Å². The predicted octanol–water partition coefficient (Wildman–Crippen LogP) is -1.81. The second-order valence-electron chi connectivity index (χ2n) is 4.00. The Balaban J connectivity index is 3.87. The van der Waals surface area contributed by atoms with Gasteiger partial charge in [0.15, 0.2) is 0 Å². The molecule has 0 aromatic heterocycles. The Kier molecular flexibility index (Phi) is 8.28. The van der Waals surface area contributed by atoms with E-state index in [1.807, 2.05) is 0 Å². The lowest BCUT2D eigenvalue weighted by atomic mass is 10.3. The zero-order chi connectivity index (χ0) is 14.9. The van der Waals surface area contributed by atoms with Crippen LogP contribution in [0, 0.1) is 0 Å². The molecular formula is C10H21N3O5S. The second kappa shape index (κ2) is 8.83. The van der Waals surface area contributed by atoms with Crippen LogP contribution in [-0.4, -0.2) is 59.3 Å². The third kappa shape index (κ3) is 10.4. The van der Waals surface area contributed by atoms with Crippen LogP contribution in [0.4, 0.5) is 0 Å². The number of hydrogen-bond donors (Lipinski definition) is 3. The van der Waals surface area contributed by atoms with Crippen molar-refractivity contribution in [1.82, 2.24) is 15.4 Å². The fourth-order valence-electron chi connectivity index (χ4n) is 1.30. The number of hydrogen-bond acceptors (Lipinski definition) is 6. The van der Waals surface area contributed by atoms with E-state index in [-0.39, 0.29) is 12.5 Å². The standard InChI is InChI=1S/C10H21N3O5S/c1-8(14)13-9(10(15)18-2)7-11-5-4-6-12-19(3,16)17/h9,11-12H,4-7H2,1-3H3,(H,13,14). The van der Waals surface area contributed by atoms with Crippen molar-refractivity contribution >= 4 is 21.9 Å². The van der Waals surface area contributed by atoms with Gasteiger partial charge in [-0.05, 0) is 13.0 Å². The quantitative estimate of drug-likeness (QED) is 0.341. The fourth-order valence-corrected chi connectivity index (χ4v) is 1.81. The van der Waals surface area contributed by atoms with Gasteiger partial charge in [-0.25, -0.2) is 17.9 Å². The van der Waals surface area contributed by atoms with E-state index < -0.39 is 22.0 Å². The lowest BCUT2D eigenvalue weighted by Crippen LogP contribution is -2.47. The smallest absolute Gasteiger partial charge is 0.329 e. The van der Waals surface area contributed by atoms with E-state index in [0.717, 1.165) is 6.26 Å². The summed E-state index contributed by atoms with van der Waals surface area (Å²) >= 11 is 0. The molecule has 1 amide bonds. The average molecular weight is 295 g/mol. The maximum Gasteiger partial charge on any atom is 0.329 e. The summed E-state index contributed by atoms with van der Waals surface area (Å²) in [4.78, 5) is 22.2. The van der Waals surface area contributed by atoms with E-state index in [4.69, 9.17) is 0 Å². The number of esters is 1. The van der Waals surface area contributed by atoms with Gasteiger partial charge in [0.1, 0.15) is 6.04 Å². The molecule has 0 saturated heterocycles. The summed E-state index contributed by atoms with van der Waals surface area (Å²) in [6.45, 7) is 2.36. The van der Waals surface area contributed by atoms with Crippen molar-refractivity contribution < 1.29 is 22.7 Å². The fraction of sp³-hybridized carbons (Fsp3) is 0.800. The molecule has 1 atom stereocenters. The Bertz CT molecular complexity index is 396. The SMILES string of the molecule is COC(=O)C(CNCCCNS(C)(=O)=O)NC(C)=O. The first-order chi connectivity index (χ1) is 8.76. The molecule has 0 spiro atoms. The van der Waals surface area contributed by atoms with Crippen LogP contribution in [-0.2, 0) is 24.3 Å². The van der Waals surface area contributed by atoms with Crippen molar-refractivity contribution in [1.29, 1.82) is 0 Å². The summed E-state index contributed by atoms with van der Waals surface area (Å²) in [5, 5.41) is 5.40. The van der Waals surface area contributed by atoms with Crippen LogP contribution in [0.5, 0.6) is 0 Å². The molecule has 19 heavy (non-hydrogen) atoms. The summed E-state index contributed by atoms with van der Waals surface area (Å²) in [6.07, 6.45) is 1.66. The van der Waals surface area contributed by atoms with Gasteiger partial charge in [0, 0.05) is 20.0 Å². The molecule has 0 rings (SSSR count). The van der Waals surface area contributed by atoms with Gasteiger partial charge in [0.2, 0.25) is 15.9 Å². The molecule has 0 bridgehead atoms. The lowest BCUT2D eigenvalue weighted by Gasteiger charge is -2.16. The zero-order valence-electron chi connectivity index (χ0n) is 11.4. The Morgan fingerprint density at radius 3 is 2.37 bits per heavy atom. The van der Waals surface area contributed by atoms with Crippen LogP contribution in [0.3, 0.4) is 0 Å². The molecule has 0 fully saturated rings. The summed E-state index contributed by atoms with van der Waals surface area (Å²) < 4.78 is 28.5. The molecule has 0 saturated carbocycles. The van der Waals surface area contributed by atoms with Crippen molar-refractivity contribution in [3.63, 3.8) is 0 Å². The highest BCUT2D eigenvalue weighted by Crippen LogP contribution is 1.87. The predicted molar refractivity (Wildman–Crippen MR) is 70.0 cm³/mol. The first-order valence-electron chi connectivity index (χ1n) is 5.76. The summed E-state index contributed by atoms with van der Waals surface area (Å²) in [5.41, 5.74) is 0. The van der Waals surface area contributed by atoms with E-state index in [1.165, 1.54) is 14.0 Å². The number of ether oxygens (including phenoxy) is 1. The van der Waals surface area contributed by atoms with E-state index in [1.54, 1.807) is 0 Å². The number of carbonyl (C=O) groups is 2. The Labute approximate surface area is 113 Å². The summed E-state index contributed by atoms with van der Waals surface area (Å²) in [6, 6.07) is -0.745. The van der Waals surface area contributed by atoms with Crippen molar-refractivity contribution in [2.45, 2.75) is 19.4 Å². The number of rotatable bonds is 9. The number of nitrogens with one attached hydrogen (secondary N) is 3. The van der Waals surface area contributed by atoms with E-state index in [2.05, 4.69) is 20.1 Å². The molecule has 0 aliphatic rings. The molecule has 0 heterocycles. The third-order valence-corrected chi connectivity index (χ3v) is 2.83. The number of amides is 1. The van der Waals surface area contributed by atoms with Gasteiger partial charge in [0.25, 0.3) is 0 Å². The topological polar surface area (TPSA) is 114 Å². The number of carbonyl (C=O) groups excluding carboxylic acids is 2. The van der Waals surface area contributed by atoms with Crippen molar-refractivity contribution in [2.75, 3.05) is 33.0 Å². The van der Waals surface area contributed by atoms with Gasteiger partial charge < -0.3 is 15.4 Å². The molecule has 0 radical (unpaired) electrons. The Morgan fingerprint density at radius 1 is 1.26 bits per heavy atom. The van der Waals surface area contributed by atoms with Crippen LogP contribution >= 0.6 is 0 Å². The number of methoxy groups -OCH3 is 1. The van der Waals surface area contributed by atoms with Gasteiger partial charge in [-0.1, -0.05) is 0 Å². The van der Waals surface area contributed by atoms with Crippen LogP contribution in [0.2, 0.25) is 0 Å². The first-order valence-corrected chi connectivity index (χ1v) is 7.65. The lowest BCUT2D eigenvalue weighted by molar-refractivity contribution is -0.144. The summed E-state index contributed by atoms with van der Waals surface area (Å²) in [7, 11) is -1.93. The molecule has 9 heteroatoms. The molecule has 8 nitrogen and oxygen atoms in total. The zero-order valence-corrected chi connectivity index (χ0v) is 12.2. The molecule has 0 aromatic carbocycles. The van der Waals surface area contributed by atoms with Crippen molar-refractivity contribution in [3.05, 3.63) is 0 Å². The summed E-state index contributed by atoms with van der Waals surface area (Å²) in [5.74, 6) is -0.854. The monoisotopic (exact) mass is 295 g/mol. The maximum atomic E-state index is 11.3. The van der Waals surface area contributed by atoms with Gasteiger partial charge in [-0.15, -0.1) is 0 Å². The van der Waals surface area contributed by atoms with Gasteiger partial charge in [0.05, 0.1) is 13.4 Å². The molecule has 0 aliphatic carbocycles. The third-order valence-electron chi connectivity index (χ3n) is 2.11. The van der Waals surface area contributed by atoms with Gasteiger partial charge in [-0.2, -0.15) is 0 Å². The molecule has 112 valence electrons. The molecule has 3 N–H and O–H groups in total. The minimum Gasteiger partial charge on any atom is -0.467 e. The van der Waals surface area contributed by atoms with Crippen LogP contribution < -0.4 is 15.4 Å². The van der Waals surface area contributed by atoms with Gasteiger partial charge >= 0.3 is 5.97 Å². The largest absolute Gasteiger partial charge is 0.467 e. The Hall–Kier alpha value is -1.19. The number of sulfonamides is 1. The first kappa shape index (κ1) is 17.8. The second-order valence-corrected chi connectivity index (χ2v) is 5.83. The van der Waals surface area contributed by atoms with Crippen molar-refractivity contribution in [3.8, 4) is 0 Å². The van der Waals surface area contributed by atoms with Crippen LogP contribution in [0.15, 0.2) is 0 Å². The molecule has 1 unspecified atom stereocenters. The normalized spacial score (nSPS) is 12.8. The molecule has 0 aromatic rings. The molecular weight excluding hydrogens is 274 g/mol. The maximum absolute atomic E-state index is 11.3. The molecule has 0 aliphatic heterocycles. The highest BCUT2D eigenvalue weighted by atomic mass is 32.2. The highest BCUT2D eigenvalue weighted by molar-refractivity contribution is 7.88. The van der Waals surface area contributed by atoms with Gasteiger partial charge in [-0.3, -0.25) is 4.79 Å². The van der Waals surface area contributed by atoms with Crippen molar-refractivity contribution in [2.24, 2.45) is 0 Å². The minimum absolute atomic E-state index is 0.227. The van der Waals surface area contributed by atoms with E-state index in [0.29, 0.717) is 19.5 Å². The van der Waals surface area contributed by atoms with E-state index >= 15 is 0 Å². The van der Waals surface area contributed by atoms with Crippen LogP contribution in [0.1, 0.15) is 13.3 Å². The van der Waals surface area contributed by atoms with Crippen LogP contribution in [0.25, 0.3) is 0 Å². The highest BCUT2D eigenvalue weighted by Gasteiger charge is 2.19.